The first-order valence-electron chi connectivity index (χ1n) is 9.98. The molecule has 3 aromatic rings. The van der Waals surface area contributed by atoms with Gasteiger partial charge in [0.25, 0.3) is 0 Å². The van der Waals surface area contributed by atoms with Crippen LogP contribution >= 0.6 is 0 Å². The van der Waals surface area contributed by atoms with Gasteiger partial charge in [-0.3, -0.25) is 0 Å². The number of rotatable bonds is 2. The lowest BCUT2D eigenvalue weighted by Gasteiger charge is -2.21. The maximum absolute atomic E-state index is 2.38. The minimum atomic E-state index is 0.144. The molecular weight excluding hydrogens is 326 g/mol. The molecule has 1 heterocycles. The summed E-state index contributed by atoms with van der Waals surface area (Å²) in [6.45, 7) is 16.0. The van der Waals surface area contributed by atoms with E-state index in [1.54, 1.807) is 0 Å². The first-order chi connectivity index (χ1) is 12.5. The summed E-state index contributed by atoms with van der Waals surface area (Å²) < 4.78 is 2.26. The van der Waals surface area contributed by atoms with E-state index in [0.29, 0.717) is 5.41 Å². The molecule has 1 nitrogen and oxygen atoms in total. The lowest BCUT2D eigenvalue weighted by atomic mass is 9.84. The molecule has 0 aliphatic heterocycles. The monoisotopic (exact) mass is 360 g/mol. The van der Waals surface area contributed by atoms with Gasteiger partial charge in [-0.1, -0.05) is 65.8 Å². The SMILES string of the molecule is Cc1ccc(C(C)(C)C)cc1-c1c2ccc(CC(C)(C)C)cc2cc[n+]1C. The van der Waals surface area contributed by atoms with Crippen molar-refractivity contribution in [1.29, 1.82) is 0 Å². The fraction of sp³-hybridized carbons (Fsp3) is 0.423. The second kappa shape index (κ2) is 6.78. The third-order valence-corrected chi connectivity index (χ3v) is 5.29. The molecule has 0 fully saturated rings. The Hall–Kier alpha value is -2.15. The highest BCUT2D eigenvalue weighted by molar-refractivity contribution is 5.94. The molecule has 2 aromatic carbocycles. The van der Waals surface area contributed by atoms with Crippen LogP contribution in [-0.4, -0.2) is 0 Å². The molecule has 0 aliphatic rings. The quantitative estimate of drug-likeness (QED) is 0.458. The standard InChI is InChI=1S/C26H34N/c1-18-9-11-21(26(5,6)7)16-23(18)24-22-12-10-19(17-25(2,3)4)15-20(22)13-14-27(24)8/h9-16H,17H2,1-8H3/q+1. The number of pyridine rings is 1. The highest BCUT2D eigenvalue weighted by Crippen LogP contribution is 2.33. The molecule has 142 valence electrons. The summed E-state index contributed by atoms with van der Waals surface area (Å²) in [6, 6.07) is 16.2. The molecule has 1 aromatic heterocycles. The number of nitrogens with zero attached hydrogens (tertiary/aromatic N) is 1. The molecule has 0 bridgehead atoms. The Morgan fingerprint density at radius 3 is 2.19 bits per heavy atom. The lowest BCUT2D eigenvalue weighted by molar-refractivity contribution is -0.659. The van der Waals surface area contributed by atoms with Crippen LogP contribution in [0.25, 0.3) is 22.0 Å². The van der Waals surface area contributed by atoms with E-state index in [1.165, 1.54) is 38.7 Å². The van der Waals surface area contributed by atoms with Crippen LogP contribution in [0.2, 0.25) is 0 Å². The second-order valence-corrected chi connectivity index (χ2v) is 10.2. The van der Waals surface area contributed by atoms with Crippen molar-refractivity contribution in [3.05, 3.63) is 65.4 Å². The fourth-order valence-electron chi connectivity index (χ4n) is 3.82. The summed E-state index contributed by atoms with van der Waals surface area (Å²) in [4.78, 5) is 0. The Morgan fingerprint density at radius 1 is 0.852 bits per heavy atom. The zero-order valence-corrected chi connectivity index (χ0v) is 18.3. The number of benzene rings is 2. The Balaban J connectivity index is 2.22. The van der Waals surface area contributed by atoms with Gasteiger partial charge in [-0.15, -0.1) is 0 Å². The molecule has 27 heavy (non-hydrogen) atoms. The Labute approximate surface area is 165 Å². The van der Waals surface area contributed by atoms with Crippen LogP contribution in [0.5, 0.6) is 0 Å². The van der Waals surface area contributed by atoms with Crippen molar-refractivity contribution in [3.63, 3.8) is 0 Å². The number of hydrogen-bond acceptors (Lipinski definition) is 0. The second-order valence-electron chi connectivity index (χ2n) is 10.2. The van der Waals surface area contributed by atoms with E-state index in [0.717, 1.165) is 6.42 Å². The normalized spacial score (nSPS) is 12.6. The molecule has 3 rings (SSSR count). The summed E-state index contributed by atoms with van der Waals surface area (Å²) in [6.07, 6.45) is 3.29. The van der Waals surface area contributed by atoms with Crippen LogP contribution in [-0.2, 0) is 18.9 Å². The number of aryl methyl sites for hydroxylation is 2. The smallest absolute Gasteiger partial charge is 0.200 e. The maximum Gasteiger partial charge on any atom is 0.220 e. The minimum Gasteiger partial charge on any atom is -0.200 e. The van der Waals surface area contributed by atoms with Crippen LogP contribution in [0, 0.1) is 12.3 Å². The zero-order valence-electron chi connectivity index (χ0n) is 18.3. The molecule has 1 heteroatoms. The van der Waals surface area contributed by atoms with Crippen LogP contribution in [0.3, 0.4) is 0 Å². The average molecular weight is 361 g/mol. The molecule has 0 amide bonds. The molecule has 0 N–H and O–H groups in total. The number of fused-ring (bicyclic) bond motifs is 1. The van der Waals surface area contributed by atoms with Crippen molar-refractivity contribution in [2.45, 2.75) is 60.3 Å². The molecule has 0 saturated carbocycles. The molecule has 0 atom stereocenters. The van der Waals surface area contributed by atoms with Crippen LogP contribution in [0.4, 0.5) is 0 Å². The van der Waals surface area contributed by atoms with Crippen molar-refractivity contribution in [3.8, 4) is 11.3 Å². The Kier molecular flexibility index (Phi) is 4.93. The third kappa shape index (κ3) is 4.24. The van der Waals surface area contributed by atoms with E-state index >= 15 is 0 Å². The molecule has 0 radical (unpaired) electrons. The highest BCUT2D eigenvalue weighted by atomic mass is 14.9. The molecule has 0 saturated heterocycles. The summed E-state index contributed by atoms with van der Waals surface area (Å²) in [5.41, 5.74) is 7.20. The van der Waals surface area contributed by atoms with Crippen molar-refractivity contribution in [1.82, 2.24) is 0 Å². The van der Waals surface area contributed by atoms with Gasteiger partial charge in [0, 0.05) is 11.6 Å². The van der Waals surface area contributed by atoms with Gasteiger partial charge in [-0.2, -0.15) is 0 Å². The van der Waals surface area contributed by atoms with E-state index < -0.39 is 0 Å². The van der Waals surface area contributed by atoms with Crippen molar-refractivity contribution in [2.75, 3.05) is 0 Å². The zero-order chi connectivity index (χ0) is 20.0. The summed E-state index contributed by atoms with van der Waals surface area (Å²) >= 11 is 0. The van der Waals surface area contributed by atoms with Gasteiger partial charge in [0.15, 0.2) is 6.20 Å². The van der Waals surface area contributed by atoms with E-state index in [9.17, 15) is 0 Å². The summed E-state index contributed by atoms with van der Waals surface area (Å²) in [5, 5.41) is 2.65. The van der Waals surface area contributed by atoms with Crippen LogP contribution in [0.1, 0.15) is 58.2 Å². The van der Waals surface area contributed by atoms with Gasteiger partial charge >= 0.3 is 0 Å². The van der Waals surface area contributed by atoms with E-state index in [4.69, 9.17) is 0 Å². The first-order valence-corrected chi connectivity index (χ1v) is 9.98. The van der Waals surface area contributed by atoms with Gasteiger partial charge in [0.1, 0.15) is 7.05 Å². The van der Waals surface area contributed by atoms with Crippen molar-refractivity contribution in [2.24, 2.45) is 12.5 Å². The van der Waals surface area contributed by atoms with Crippen LogP contribution in [0.15, 0.2) is 48.7 Å². The predicted molar refractivity (Wildman–Crippen MR) is 117 cm³/mol. The van der Waals surface area contributed by atoms with Gasteiger partial charge in [0.2, 0.25) is 5.69 Å². The Morgan fingerprint density at radius 2 is 1.56 bits per heavy atom. The van der Waals surface area contributed by atoms with Gasteiger partial charge in [0.05, 0.1) is 5.39 Å². The van der Waals surface area contributed by atoms with E-state index in [-0.39, 0.29) is 5.41 Å². The topological polar surface area (TPSA) is 3.88 Å². The third-order valence-electron chi connectivity index (χ3n) is 5.29. The molecule has 0 aliphatic carbocycles. The molecular formula is C26H34N+. The van der Waals surface area contributed by atoms with Crippen LogP contribution < -0.4 is 4.57 Å². The summed E-state index contributed by atoms with van der Waals surface area (Å²) in [5.74, 6) is 0. The van der Waals surface area contributed by atoms with Gasteiger partial charge in [-0.25, -0.2) is 4.57 Å². The average Bonchev–Trinajstić information content (AvgIpc) is 2.53. The van der Waals surface area contributed by atoms with Crippen molar-refractivity contribution >= 4 is 10.8 Å². The predicted octanol–water partition coefficient (Wildman–Crippen LogP) is 6.53. The number of hydrogen-bond donors (Lipinski definition) is 0. The highest BCUT2D eigenvalue weighted by Gasteiger charge is 2.21. The fourth-order valence-corrected chi connectivity index (χ4v) is 3.82. The lowest BCUT2D eigenvalue weighted by Crippen LogP contribution is -2.31. The number of aromatic nitrogens is 1. The Bertz CT molecular complexity index is 981. The van der Waals surface area contributed by atoms with E-state index in [2.05, 4.69) is 109 Å². The maximum atomic E-state index is 2.38. The largest absolute Gasteiger partial charge is 0.220 e. The molecule has 0 spiro atoms. The van der Waals surface area contributed by atoms with Crippen molar-refractivity contribution < 1.29 is 4.57 Å². The molecule has 0 unspecified atom stereocenters. The van der Waals surface area contributed by atoms with E-state index in [1.807, 2.05) is 0 Å². The first kappa shape index (κ1) is 19.6. The minimum absolute atomic E-state index is 0.144. The van der Waals surface area contributed by atoms with Gasteiger partial charge < -0.3 is 0 Å². The van der Waals surface area contributed by atoms with Gasteiger partial charge in [-0.05, 0) is 58.4 Å². The summed E-state index contributed by atoms with van der Waals surface area (Å²) in [7, 11) is 2.15.